The molecule has 0 amide bonds. The minimum Gasteiger partial charge on any atom is -0.377 e. The SMILES string of the molecule is CC1OCCC1SC(CN)C(F)(F)F. The highest BCUT2D eigenvalue weighted by Crippen LogP contribution is 2.36. The van der Waals surface area contributed by atoms with Gasteiger partial charge in [-0.3, -0.25) is 0 Å². The van der Waals surface area contributed by atoms with Crippen LogP contribution in [-0.2, 0) is 4.74 Å². The minimum atomic E-state index is -4.21. The molecule has 0 radical (unpaired) electrons. The van der Waals surface area contributed by atoms with Crippen LogP contribution in [0.3, 0.4) is 0 Å². The Morgan fingerprint density at radius 2 is 2.21 bits per heavy atom. The molecule has 0 aromatic heterocycles. The van der Waals surface area contributed by atoms with E-state index in [1.807, 2.05) is 0 Å². The number of nitrogens with two attached hydrogens (primary N) is 1. The van der Waals surface area contributed by atoms with Crippen molar-refractivity contribution in [1.82, 2.24) is 0 Å². The Balaban J connectivity index is 2.48. The molecule has 1 aliphatic rings. The average molecular weight is 229 g/mol. The first-order chi connectivity index (χ1) is 6.45. The number of thioether (sulfide) groups is 1. The zero-order valence-corrected chi connectivity index (χ0v) is 8.70. The second-order valence-corrected chi connectivity index (χ2v) is 4.75. The number of rotatable bonds is 3. The molecule has 0 aromatic carbocycles. The van der Waals surface area contributed by atoms with Crippen molar-refractivity contribution in [3.8, 4) is 0 Å². The van der Waals surface area contributed by atoms with Gasteiger partial charge in [0.15, 0.2) is 0 Å². The standard InChI is InChI=1S/C8H14F3NOS/c1-5-6(2-3-13-5)14-7(4-12)8(9,10)11/h5-7H,2-4,12H2,1H3. The summed E-state index contributed by atoms with van der Waals surface area (Å²) in [5.74, 6) is 0. The maximum Gasteiger partial charge on any atom is 0.401 e. The highest BCUT2D eigenvalue weighted by molar-refractivity contribution is 8.00. The smallest absolute Gasteiger partial charge is 0.377 e. The van der Waals surface area contributed by atoms with Crippen LogP contribution in [-0.4, -0.2) is 35.9 Å². The van der Waals surface area contributed by atoms with E-state index in [1.165, 1.54) is 0 Å². The summed E-state index contributed by atoms with van der Waals surface area (Å²) in [6.07, 6.45) is -3.63. The molecule has 3 atom stereocenters. The summed E-state index contributed by atoms with van der Waals surface area (Å²) >= 11 is 0.892. The zero-order chi connectivity index (χ0) is 10.8. The molecule has 6 heteroatoms. The van der Waals surface area contributed by atoms with Crippen LogP contribution < -0.4 is 5.73 Å². The van der Waals surface area contributed by atoms with Crippen molar-refractivity contribution in [1.29, 1.82) is 0 Å². The van der Waals surface area contributed by atoms with Gasteiger partial charge in [0.2, 0.25) is 0 Å². The van der Waals surface area contributed by atoms with E-state index in [1.54, 1.807) is 6.92 Å². The molecule has 3 unspecified atom stereocenters. The lowest BCUT2D eigenvalue weighted by molar-refractivity contribution is -0.126. The molecule has 2 nitrogen and oxygen atoms in total. The summed E-state index contributed by atoms with van der Waals surface area (Å²) in [5, 5.41) is -1.54. The van der Waals surface area contributed by atoms with Crippen molar-refractivity contribution in [3.05, 3.63) is 0 Å². The number of halogens is 3. The maximum atomic E-state index is 12.4. The Hall–Kier alpha value is 0.0600. The first-order valence-corrected chi connectivity index (χ1v) is 5.43. The molecule has 14 heavy (non-hydrogen) atoms. The number of hydrogen-bond donors (Lipinski definition) is 1. The summed E-state index contributed by atoms with van der Waals surface area (Å²) in [6.45, 7) is 1.99. The lowest BCUT2D eigenvalue weighted by atomic mass is 10.3. The molecule has 1 rings (SSSR count). The van der Waals surface area contributed by atoms with E-state index in [9.17, 15) is 13.2 Å². The molecule has 0 bridgehead atoms. The Bertz CT molecular complexity index is 188. The van der Waals surface area contributed by atoms with Crippen LogP contribution in [0.4, 0.5) is 13.2 Å². The Morgan fingerprint density at radius 3 is 2.57 bits per heavy atom. The molecule has 0 spiro atoms. The molecule has 1 fully saturated rings. The van der Waals surface area contributed by atoms with E-state index in [4.69, 9.17) is 10.5 Å². The van der Waals surface area contributed by atoms with Crippen molar-refractivity contribution in [2.75, 3.05) is 13.2 Å². The van der Waals surface area contributed by atoms with E-state index in [0.717, 1.165) is 11.8 Å². The zero-order valence-electron chi connectivity index (χ0n) is 7.88. The van der Waals surface area contributed by atoms with Crippen LogP contribution >= 0.6 is 11.8 Å². The summed E-state index contributed by atoms with van der Waals surface area (Å²) in [7, 11) is 0. The molecule has 84 valence electrons. The largest absolute Gasteiger partial charge is 0.401 e. The molecular formula is C8H14F3NOS. The lowest BCUT2D eigenvalue weighted by Gasteiger charge is -2.22. The molecule has 0 saturated carbocycles. The van der Waals surface area contributed by atoms with Gasteiger partial charge in [-0.15, -0.1) is 11.8 Å². The molecule has 0 aliphatic carbocycles. The summed E-state index contributed by atoms with van der Waals surface area (Å²) in [4.78, 5) is 0. The van der Waals surface area contributed by atoms with E-state index < -0.39 is 11.4 Å². The van der Waals surface area contributed by atoms with E-state index in [-0.39, 0.29) is 17.9 Å². The topological polar surface area (TPSA) is 35.2 Å². The minimum absolute atomic E-state index is 0.0785. The van der Waals surface area contributed by atoms with Crippen LogP contribution in [0.15, 0.2) is 0 Å². The number of hydrogen-bond acceptors (Lipinski definition) is 3. The van der Waals surface area contributed by atoms with Gasteiger partial charge in [-0.1, -0.05) is 0 Å². The van der Waals surface area contributed by atoms with E-state index >= 15 is 0 Å². The Morgan fingerprint density at radius 1 is 1.57 bits per heavy atom. The first kappa shape index (κ1) is 12.1. The normalized spacial score (nSPS) is 30.6. The fourth-order valence-electron chi connectivity index (χ4n) is 1.37. The van der Waals surface area contributed by atoms with Gasteiger partial charge in [-0.25, -0.2) is 0 Å². The van der Waals surface area contributed by atoms with Crippen LogP contribution in [0, 0.1) is 0 Å². The second-order valence-electron chi connectivity index (χ2n) is 3.31. The molecule has 1 saturated heterocycles. The lowest BCUT2D eigenvalue weighted by Crippen LogP contribution is -2.35. The van der Waals surface area contributed by atoms with Crippen LogP contribution in [0.5, 0.6) is 0 Å². The third-order valence-electron chi connectivity index (χ3n) is 2.22. The molecule has 1 heterocycles. The van der Waals surface area contributed by atoms with Crippen LogP contribution in [0.25, 0.3) is 0 Å². The first-order valence-electron chi connectivity index (χ1n) is 4.49. The molecule has 0 aromatic rings. The number of ether oxygens (including phenoxy) is 1. The van der Waals surface area contributed by atoms with Crippen LogP contribution in [0.2, 0.25) is 0 Å². The third-order valence-corrected chi connectivity index (χ3v) is 3.98. The highest BCUT2D eigenvalue weighted by atomic mass is 32.2. The summed E-state index contributed by atoms with van der Waals surface area (Å²) in [6, 6.07) is 0. The van der Waals surface area contributed by atoms with Gasteiger partial charge in [0.1, 0.15) is 5.25 Å². The van der Waals surface area contributed by atoms with Crippen molar-refractivity contribution in [3.63, 3.8) is 0 Å². The van der Waals surface area contributed by atoms with Gasteiger partial charge >= 0.3 is 6.18 Å². The molecular weight excluding hydrogens is 215 g/mol. The van der Waals surface area contributed by atoms with Crippen molar-refractivity contribution >= 4 is 11.8 Å². The molecule has 2 N–H and O–H groups in total. The fourth-order valence-corrected chi connectivity index (χ4v) is 2.59. The molecule has 1 aliphatic heterocycles. The summed E-state index contributed by atoms with van der Waals surface area (Å²) in [5.41, 5.74) is 5.10. The Labute approximate surface area is 85.4 Å². The third kappa shape index (κ3) is 3.03. The summed E-state index contributed by atoms with van der Waals surface area (Å²) < 4.78 is 42.3. The van der Waals surface area contributed by atoms with E-state index in [2.05, 4.69) is 0 Å². The number of alkyl halides is 3. The van der Waals surface area contributed by atoms with Gasteiger partial charge in [-0.2, -0.15) is 13.2 Å². The van der Waals surface area contributed by atoms with Gasteiger partial charge in [0.25, 0.3) is 0 Å². The van der Waals surface area contributed by atoms with Crippen LogP contribution in [0.1, 0.15) is 13.3 Å². The predicted octanol–water partition coefficient (Wildman–Crippen LogP) is 1.79. The van der Waals surface area contributed by atoms with Gasteiger partial charge in [0.05, 0.1) is 6.10 Å². The van der Waals surface area contributed by atoms with Crippen molar-refractivity contribution in [2.45, 2.75) is 36.1 Å². The van der Waals surface area contributed by atoms with Gasteiger partial charge in [-0.05, 0) is 13.3 Å². The predicted molar refractivity (Wildman–Crippen MR) is 50.3 cm³/mol. The fraction of sp³-hybridized carbons (Fsp3) is 1.00. The second kappa shape index (κ2) is 4.72. The maximum absolute atomic E-state index is 12.4. The van der Waals surface area contributed by atoms with Gasteiger partial charge < -0.3 is 10.5 Å². The monoisotopic (exact) mass is 229 g/mol. The van der Waals surface area contributed by atoms with Crippen molar-refractivity contribution in [2.24, 2.45) is 5.73 Å². The highest BCUT2D eigenvalue weighted by Gasteiger charge is 2.42. The van der Waals surface area contributed by atoms with Gasteiger partial charge in [0, 0.05) is 18.4 Å². The van der Waals surface area contributed by atoms with Crippen molar-refractivity contribution < 1.29 is 17.9 Å². The Kier molecular flexibility index (Phi) is 4.09. The quantitative estimate of drug-likeness (QED) is 0.801. The van der Waals surface area contributed by atoms with E-state index in [0.29, 0.717) is 13.0 Å². The average Bonchev–Trinajstić information content (AvgIpc) is 2.45.